The van der Waals surface area contributed by atoms with Crippen LogP contribution in [0.4, 0.5) is 18.9 Å². The van der Waals surface area contributed by atoms with Gasteiger partial charge in [0.2, 0.25) is 5.91 Å². The lowest BCUT2D eigenvalue weighted by molar-refractivity contribution is -0.141. The lowest BCUT2D eigenvalue weighted by Gasteiger charge is -2.18. The summed E-state index contributed by atoms with van der Waals surface area (Å²) < 4.78 is 38.6. The first-order valence-electron chi connectivity index (χ1n) is 5.88. The molecule has 0 aromatic heterocycles. The normalized spacial score (nSPS) is 18.7. The molecule has 1 fully saturated rings. The maximum atomic E-state index is 12.9. The Bertz CT molecular complexity index is 649. The van der Waals surface area contributed by atoms with Gasteiger partial charge in [0.15, 0.2) is 0 Å². The van der Waals surface area contributed by atoms with E-state index in [2.05, 4.69) is 0 Å². The summed E-state index contributed by atoms with van der Waals surface area (Å²) in [7, 11) is 0. The minimum absolute atomic E-state index is 0.0601. The molecular formula is C13H9F3N2O3. The number of nitrogens with zero attached hydrogens (tertiary/aromatic N) is 2. The van der Waals surface area contributed by atoms with Gasteiger partial charge in [-0.15, -0.1) is 0 Å². The molecule has 1 aliphatic heterocycles. The van der Waals surface area contributed by atoms with Gasteiger partial charge in [-0.05, 0) is 18.2 Å². The number of alkyl halides is 3. The van der Waals surface area contributed by atoms with Crippen molar-refractivity contribution in [1.29, 1.82) is 5.26 Å². The molecule has 0 saturated carbocycles. The number of anilines is 1. The molecule has 0 bridgehead atoms. The summed E-state index contributed by atoms with van der Waals surface area (Å²) in [6.07, 6.45) is -4.98. The first-order chi connectivity index (χ1) is 9.74. The SMILES string of the molecule is N#Cc1ccc(N2CC(C(=O)O)CC2=O)cc1C(F)(F)F. The summed E-state index contributed by atoms with van der Waals surface area (Å²) >= 11 is 0. The molecule has 0 radical (unpaired) electrons. The van der Waals surface area contributed by atoms with Gasteiger partial charge in [-0.3, -0.25) is 9.59 Å². The maximum absolute atomic E-state index is 12.9. The highest BCUT2D eigenvalue weighted by Gasteiger charge is 2.38. The van der Waals surface area contributed by atoms with E-state index in [1.54, 1.807) is 0 Å². The second-order valence-electron chi connectivity index (χ2n) is 4.58. The zero-order valence-corrected chi connectivity index (χ0v) is 10.5. The van der Waals surface area contributed by atoms with E-state index in [4.69, 9.17) is 10.4 Å². The molecule has 0 spiro atoms. The number of hydrogen-bond acceptors (Lipinski definition) is 3. The van der Waals surface area contributed by atoms with Crippen LogP contribution in [0.5, 0.6) is 0 Å². The van der Waals surface area contributed by atoms with Crippen LogP contribution in [-0.4, -0.2) is 23.5 Å². The van der Waals surface area contributed by atoms with Crippen molar-refractivity contribution in [3.63, 3.8) is 0 Å². The molecule has 110 valence electrons. The molecule has 1 aromatic carbocycles. The van der Waals surface area contributed by atoms with Crippen LogP contribution in [0.2, 0.25) is 0 Å². The monoisotopic (exact) mass is 298 g/mol. The fourth-order valence-corrected chi connectivity index (χ4v) is 2.15. The van der Waals surface area contributed by atoms with Crippen LogP contribution in [0.3, 0.4) is 0 Å². The van der Waals surface area contributed by atoms with Gasteiger partial charge in [0.1, 0.15) is 0 Å². The van der Waals surface area contributed by atoms with E-state index in [0.717, 1.165) is 11.0 Å². The second-order valence-corrected chi connectivity index (χ2v) is 4.58. The minimum Gasteiger partial charge on any atom is -0.481 e. The number of benzene rings is 1. The minimum atomic E-state index is -4.73. The average molecular weight is 298 g/mol. The van der Waals surface area contributed by atoms with Crippen LogP contribution in [0.1, 0.15) is 17.5 Å². The molecule has 1 heterocycles. The van der Waals surface area contributed by atoms with Crippen molar-refractivity contribution >= 4 is 17.6 Å². The van der Waals surface area contributed by atoms with Crippen molar-refractivity contribution in [2.75, 3.05) is 11.4 Å². The molecule has 2 rings (SSSR count). The van der Waals surface area contributed by atoms with Gasteiger partial charge >= 0.3 is 12.1 Å². The number of carbonyl (C=O) groups excluding carboxylic acids is 1. The van der Waals surface area contributed by atoms with E-state index in [-0.39, 0.29) is 18.7 Å². The van der Waals surface area contributed by atoms with Crippen LogP contribution in [0.25, 0.3) is 0 Å². The fraction of sp³-hybridized carbons (Fsp3) is 0.308. The number of amides is 1. The number of hydrogen-bond donors (Lipinski definition) is 1. The Balaban J connectivity index is 2.41. The summed E-state index contributed by atoms with van der Waals surface area (Å²) in [5, 5.41) is 17.6. The van der Waals surface area contributed by atoms with Gasteiger partial charge in [0.25, 0.3) is 0 Å². The van der Waals surface area contributed by atoms with Crippen LogP contribution in [0, 0.1) is 17.2 Å². The number of carbonyl (C=O) groups is 2. The van der Waals surface area contributed by atoms with Gasteiger partial charge in [-0.1, -0.05) is 0 Å². The third kappa shape index (κ3) is 2.81. The molecule has 21 heavy (non-hydrogen) atoms. The predicted molar refractivity (Wildman–Crippen MR) is 64.3 cm³/mol. The molecule has 1 aliphatic rings. The van der Waals surface area contributed by atoms with E-state index >= 15 is 0 Å². The van der Waals surface area contributed by atoms with Gasteiger partial charge in [0, 0.05) is 18.7 Å². The molecule has 1 saturated heterocycles. The van der Waals surface area contributed by atoms with Crippen molar-refractivity contribution in [3.8, 4) is 6.07 Å². The number of carboxylic acids is 1. The van der Waals surface area contributed by atoms with Crippen molar-refractivity contribution in [1.82, 2.24) is 0 Å². The van der Waals surface area contributed by atoms with Crippen molar-refractivity contribution in [3.05, 3.63) is 29.3 Å². The summed E-state index contributed by atoms with van der Waals surface area (Å²) in [6.45, 7) is -0.183. The third-order valence-corrected chi connectivity index (χ3v) is 3.21. The van der Waals surface area contributed by atoms with E-state index in [1.807, 2.05) is 0 Å². The molecule has 5 nitrogen and oxygen atoms in total. The predicted octanol–water partition coefficient (Wildman–Crippen LogP) is 2.01. The number of carboxylic acid groups (broad SMARTS) is 1. The molecular weight excluding hydrogens is 289 g/mol. The van der Waals surface area contributed by atoms with E-state index in [1.165, 1.54) is 12.1 Å². The van der Waals surface area contributed by atoms with Crippen LogP contribution < -0.4 is 4.90 Å². The summed E-state index contributed by atoms with van der Waals surface area (Å²) in [4.78, 5) is 23.6. The zero-order chi connectivity index (χ0) is 15.8. The van der Waals surface area contributed by atoms with Crippen molar-refractivity contribution in [2.45, 2.75) is 12.6 Å². The maximum Gasteiger partial charge on any atom is 0.417 e. The van der Waals surface area contributed by atoms with E-state index < -0.39 is 35.1 Å². The van der Waals surface area contributed by atoms with Crippen molar-refractivity contribution < 1.29 is 27.9 Å². The van der Waals surface area contributed by atoms with E-state index in [9.17, 15) is 22.8 Å². The third-order valence-electron chi connectivity index (χ3n) is 3.21. The molecule has 1 unspecified atom stereocenters. The Hall–Kier alpha value is -2.56. The Labute approximate surface area is 117 Å². The Morgan fingerprint density at radius 2 is 2.10 bits per heavy atom. The standard InChI is InChI=1S/C13H9F3N2O3/c14-13(15,16)10-4-9(2-1-7(10)5-17)18-6-8(12(20)21)3-11(18)19/h1-2,4,8H,3,6H2,(H,20,21). The average Bonchev–Trinajstić information content (AvgIpc) is 2.79. The lowest BCUT2D eigenvalue weighted by atomic mass is 10.1. The number of nitriles is 1. The van der Waals surface area contributed by atoms with Gasteiger partial charge in [0.05, 0.1) is 23.1 Å². The Morgan fingerprint density at radius 1 is 1.43 bits per heavy atom. The van der Waals surface area contributed by atoms with E-state index in [0.29, 0.717) is 6.07 Å². The van der Waals surface area contributed by atoms with Gasteiger partial charge < -0.3 is 10.0 Å². The summed E-state index contributed by atoms with van der Waals surface area (Å²) in [5.41, 5.74) is -1.75. The highest BCUT2D eigenvalue weighted by atomic mass is 19.4. The summed E-state index contributed by atoms with van der Waals surface area (Å²) in [6, 6.07) is 4.31. The molecule has 1 N–H and O–H groups in total. The highest BCUT2D eigenvalue weighted by Crippen LogP contribution is 2.35. The smallest absolute Gasteiger partial charge is 0.417 e. The van der Waals surface area contributed by atoms with Crippen molar-refractivity contribution in [2.24, 2.45) is 5.92 Å². The fourth-order valence-electron chi connectivity index (χ4n) is 2.15. The lowest BCUT2D eigenvalue weighted by Crippen LogP contribution is -2.26. The van der Waals surface area contributed by atoms with Crippen LogP contribution in [0.15, 0.2) is 18.2 Å². The highest BCUT2D eigenvalue weighted by molar-refractivity contribution is 5.99. The van der Waals surface area contributed by atoms with Crippen LogP contribution in [-0.2, 0) is 15.8 Å². The summed E-state index contributed by atoms with van der Waals surface area (Å²) in [5.74, 6) is -2.67. The molecule has 1 aromatic rings. The largest absolute Gasteiger partial charge is 0.481 e. The van der Waals surface area contributed by atoms with Gasteiger partial charge in [-0.2, -0.15) is 18.4 Å². The van der Waals surface area contributed by atoms with Crippen LogP contribution >= 0.6 is 0 Å². The Morgan fingerprint density at radius 3 is 2.57 bits per heavy atom. The number of halogens is 3. The molecule has 8 heteroatoms. The zero-order valence-electron chi connectivity index (χ0n) is 10.5. The topological polar surface area (TPSA) is 81.4 Å². The second kappa shape index (κ2) is 5.09. The quantitative estimate of drug-likeness (QED) is 0.905. The molecule has 1 amide bonds. The first kappa shape index (κ1) is 14.8. The number of aliphatic carboxylic acids is 1. The molecule has 0 aliphatic carbocycles. The Kier molecular flexibility index (Phi) is 3.60. The van der Waals surface area contributed by atoms with Gasteiger partial charge in [-0.25, -0.2) is 0 Å². The molecule has 1 atom stereocenters. The first-order valence-corrected chi connectivity index (χ1v) is 5.88. The number of rotatable bonds is 2.